The second-order valence-electron chi connectivity index (χ2n) is 5.18. The molecule has 2 aromatic rings. The van der Waals surface area contributed by atoms with Crippen LogP contribution < -0.4 is 10.1 Å². The molecule has 4 heteroatoms. The van der Waals surface area contributed by atoms with Gasteiger partial charge < -0.3 is 10.1 Å². The van der Waals surface area contributed by atoms with Crippen LogP contribution in [0.3, 0.4) is 0 Å². The van der Waals surface area contributed by atoms with E-state index in [1.807, 2.05) is 12.1 Å². The fourth-order valence-corrected chi connectivity index (χ4v) is 3.77. The van der Waals surface area contributed by atoms with Gasteiger partial charge in [-0.1, -0.05) is 18.2 Å². The lowest BCUT2D eigenvalue weighted by Gasteiger charge is -2.08. The molecule has 3 nitrogen and oxygen atoms in total. The highest BCUT2D eigenvalue weighted by Crippen LogP contribution is 2.38. The van der Waals surface area contributed by atoms with E-state index in [1.54, 1.807) is 11.3 Å². The Hall–Kier alpha value is -1.39. The van der Waals surface area contributed by atoms with E-state index < -0.39 is 0 Å². The smallest absolute Gasteiger partial charge is 0.154 e. The lowest BCUT2D eigenvalue weighted by Crippen LogP contribution is -2.13. The van der Waals surface area contributed by atoms with Crippen molar-refractivity contribution in [1.29, 1.82) is 0 Å². The molecule has 2 atom stereocenters. The van der Waals surface area contributed by atoms with E-state index in [1.165, 1.54) is 24.1 Å². The zero-order valence-electron chi connectivity index (χ0n) is 10.6. The number of hydrogen-bond acceptors (Lipinski definition) is 4. The van der Waals surface area contributed by atoms with Gasteiger partial charge in [0, 0.05) is 11.8 Å². The monoisotopic (exact) mass is 272 g/mol. The van der Waals surface area contributed by atoms with E-state index in [4.69, 9.17) is 9.72 Å². The Morgan fingerprint density at radius 3 is 3.11 bits per heavy atom. The highest BCUT2D eigenvalue weighted by atomic mass is 32.1. The van der Waals surface area contributed by atoms with Crippen LogP contribution in [-0.4, -0.2) is 11.5 Å². The number of rotatable bonds is 2. The molecule has 1 unspecified atom stereocenters. The third-order valence-electron chi connectivity index (χ3n) is 3.88. The molecule has 0 aliphatic carbocycles. The molecule has 0 spiro atoms. The van der Waals surface area contributed by atoms with Gasteiger partial charge in [-0.25, -0.2) is 4.98 Å². The maximum atomic E-state index is 6.00. The van der Waals surface area contributed by atoms with E-state index in [0.717, 1.165) is 23.7 Å². The fraction of sp³-hybridized carbons (Fsp3) is 0.400. The Morgan fingerprint density at radius 2 is 2.26 bits per heavy atom. The van der Waals surface area contributed by atoms with Gasteiger partial charge in [0.25, 0.3) is 0 Å². The molecule has 3 heterocycles. The molecule has 1 N–H and O–H groups in total. The normalized spacial score (nSPS) is 25.3. The van der Waals surface area contributed by atoms with Gasteiger partial charge in [-0.15, -0.1) is 11.3 Å². The summed E-state index contributed by atoms with van der Waals surface area (Å²) in [6, 6.07) is 8.73. The molecule has 2 aliphatic heterocycles. The number of benzene rings is 1. The second-order valence-corrected chi connectivity index (χ2v) is 6.07. The van der Waals surface area contributed by atoms with Crippen molar-refractivity contribution >= 4 is 11.3 Å². The van der Waals surface area contributed by atoms with Crippen molar-refractivity contribution in [1.82, 2.24) is 10.3 Å². The summed E-state index contributed by atoms with van der Waals surface area (Å²) in [6.07, 6.45) is 3.51. The molecule has 98 valence electrons. The first kappa shape index (κ1) is 11.4. The van der Waals surface area contributed by atoms with Crippen LogP contribution in [0.15, 0.2) is 29.6 Å². The van der Waals surface area contributed by atoms with Crippen LogP contribution in [0.4, 0.5) is 0 Å². The van der Waals surface area contributed by atoms with Crippen molar-refractivity contribution in [3.8, 4) is 5.75 Å². The molecular weight excluding hydrogens is 256 g/mol. The number of nitrogens with one attached hydrogen (secondary N) is 1. The number of nitrogens with zero attached hydrogens (tertiary/aromatic N) is 1. The number of para-hydroxylation sites is 1. The summed E-state index contributed by atoms with van der Waals surface area (Å²) in [7, 11) is 0. The van der Waals surface area contributed by atoms with E-state index in [9.17, 15) is 0 Å². The van der Waals surface area contributed by atoms with Crippen LogP contribution in [0.1, 0.15) is 41.3 Å². The largest absolute Gasteiger partial charge is 0.483 e. The molecule has 0 bridgehead atoms. The Balaban J connectivity index is 1.55. The highest BCUT2D eigenvalue weighted by molar-refractivity contribution is 7.09. The van der Waals surface area contributed by atoms with Gasteiger partial charge in [0.05, 0.1) is 11.7 Å². The summed E-state index contributed by atoms with van der Waals surface area (Å²) < 4.78 is 6.00. The second kappa shape index (κ2) is 4.62. The highest BCUT2D eigenvalue weighted by Gasteiger charge is 2.28. The minimum Gasteiger partial charge on any atom is -0.483 e. The topological polar surface area (TPSA) is 34.2 Å². The third-order valence-corrected chi connectivity index (χ3v) is 4.83. The summed E-state index contributed by atoms with van der Waals surface area (Å²) >= 11 is 1.73. The molecule has 2 aliphatic rings. The molecule has 1 aromatic heterocycles. The zero-order valence-corrected chi connectivity index (χ0v) is 11.5. The van der Waals surface area contributed by atoms with Crippen LogP contribution in [0, 0.1) is 0 Å². The minimum atomic E-state index is 0.109. The molecule has 0 radical (unpaired) electrons. The molecule has 1 aromatic carbocycles. The van der Waals surface area contributed by atoms with Gasteiger partial charge in [-0.2, -0.15) is 0 Å². The van der Waals surface area contributed by atoms with Crippen LogP contribution in [0.25, 0.3) is 0 Å². The molecule has 19 heavy (non-hydrogen) atoms. The van der Waals surface area contributed by atoms with Gasteiger partial charge in [-0.05, 0) is 31.0 Å². The van der Waals surface area contributed by atoms with E-state index in [2.05, 4.69) is 22.8 Å². The Kier molecular flexibility index (Phi) is 2.78. The van der Waals surface area contributed by atoms with Crippen LogP contribution >= 0.6 is 11.3 Å². The summed E-state index contributed by atoms with van der Waals surface area (Å²) in [6.45, 7) is 1.11. The van der Waals surface area contributed by atoms with Gasteiger partial charge in [-0.3, -0.25) is 0 Å². The quantitative estimate of drug-likeness (QED) is 0.911. The zero-order chi connectivity index (χ0) is 12.7. The average Bonchev–Trinajstić information content (AvgIpc) is 3.17. The van der Waals surface area contributed by atoms with Crippen molar-refractivity contribution in [2.24, 2.45) is 0 Å². The minimum absolute atomic E-state index is 0.109. The van der Waals surface area contributed by atoms with E-state index in [0.29, 0.717) is 6.04 Å². The first-order chi connectivity index (χ1) is 9.40. The predicted molar refractivity (Wildman–Crippen MR) is 75.6 cm³/mol. The first-order valence-electron chi connectivity index (χ1n) is 6.83. The van der Waals surface area contributed by atoms with E-state index in [-0.39, 0.29) is 6.10 Å². The van der Waals surface area contributed by atoms with Crippen molar-refractivity contribution in [2.45, 2.75) is 31.4 Å². The van der Waals surface area contributed by atoms with Crippen LogP contribution in [0.5, 0.6) is 5.75 Å². The summed E-state index contributed by atoms with van der Waals surface area (Å²) in [5.41, 5.74) is 2.49. The Labute approximate surface area is 116 Å². The molecular formula is C15H16N2OS. The van der Waals surface area contributed by atoms with Crippen LogP contribution in [0.2, 0.25) is 0 Å². The maximum absolute atomic E-state index is 6.00. The first-order valence-corrected chi connectivity index (χ1v) is 7.71. The van der Waals surface area contributed by atoms with Crippen molar-refractivity contribution < 1.29 is 4.74 Å². The van der Waals surface area contributed by atoms with Gasteiger partial charge in [0.2, 0.25) is 0 Å². The van der Waals surface area contributed by atoms with Crippen molar-refractivity contribution in [3.63, 3.8) is 0 Å². The average molecular weight is 272 g/mol. The summed E-state index contributed by atoms with van der Waals surface area (Å²) in [5.74, 6) is 1.02. The third kappa shape index (κ3) is 2.05. The summed E-state index contributed by atoms with van der Waals surface area (Å²) in [5, 5.41) is 6.79. The van der Waals surface area contributed by atoms with Gasteiger partial charge >= 0.3 is 0 Å². The number of fused-ring (bicyclic) bond motifs is 1. The fourth-order valence-electron chi connectivity index (χ4n) is 2.87. The van der Waals surface area contributed by atoms with Crippen molar-refractivity contribution in [3.05, 3.63) is 45.9 Å². The van der Waals surface area contributed by atoms with Gasteiger partial charge in [0.15, 0.2) is 6.10 Å². The number of thiazole rings is 1. The molecule has 4 rings (SSSR count). The number of hydrogen-bond donors (Lipinski definition) is 1. The lowest BCUT2D eigenvalue weighted by molar-refractivity contribution is 0.237. The maximum Gasteiger partial charge on any atom is 0.154 e. The Morgan fingerprint density at radius 1 is 1.32 bits per heavy atom. The molecule has 1 fully saturated rings. The molecule has 0 saturated carbocycles. The van der Waals surface area contributed by atoms with Gasteiger partial charge in [0.1, 0.15) is 10.8 Å². The molecule has 1 saturated heterocycles. The standard InChI is InChI=1S/C15H16N2OS/c1-2-6-13-10(4-1)8-14(18-13)15-17-12(9-19-15)11-5-3-7-16-11/h1-2,4,6,9,11,14,16H,3,5,7-8H2/t11-,14?/m0/s1. The number of ether oxygens (including phenoxy) is 1. The summed E-state index contributed by atoms with van der Waals surface area (Å²) in [4.78, 5) is 4.79. The lowest BCUT2D eigenvalue weighted by atomic mass is 10.1. The van der Waals surface area contributed by atoms with Crippen LogP contribution in [-0.2, 0) is 6.42 Å². The predicted octanol–water partition coefficient (Wildman–Crippen LogP) is 3.24. The van der Waals surface area contributed by atoms with E-state index >= 15 is 0 Å². The van der Waals surface area contributed by atoms with Crippen molar-refractivity contribution in [2.75, 3.05) is 6.54 Å². The number of aromatic nitrogens is 1. The SMILES string of the molecule is c1ccc2c(c1)CC(c1nc([C@@H]3CCCN3)cs1)O2. The molecule has 0 amide bonds. The Bertz CT molecular complexity index is 564.